The third kappa shape index (κ3) is 10.1. The summed E-state index contributed by atoms with van der Waals surface area (Å²) in [4.78, 5) is 44.7. The van der Waals surface area contributed by atoms with Crippen molar-refractivity contribution >= 4 is 72.6 Å². The van der Waals surface area contributed by atoms with Crippen LogP contribution in [0.5, 0.6) is 46.0 Å². The zero-order valence-electron chi connectivity index (χ0n) is 44.5. The molecule has 2 amide bonds. The van der Waals surface area contributed by atoms with E-state index in [1.807, 2.05) is 0 Å². The number of para-hydroxylation sites is 4. The number of methoxy groups -OCH3 is 4. The molecular formula is C59H40Cl2F6N2O15S2. The van der Waals surface area contributed by atoms with Crippen LogP contribution in [0.25, 0.3) is 0 Å². The maximum absolute atomic E-state index is 16.0. The van der Waals surface area contributed by atoms with E-state index in [2.05, 4.69) is 9.47 Å². The van der Waals surface area contributed by atoms with Gasteiger partial charge in [0.15, 0.2) is 11.5 Å². The SMILES string of the molecule is COc1ccc(S(=O)(=O)N2C(=O)C(c3ccccc3OC)(c3ccccc3OC(=O)Oc3ccccc3C3(c4ccccc4OC)C(=O)N(S(=O)(=O)c4ccc(OC)cc4OC(F)(F)F)c4ccc(Cl)cc43)c3cc(Cl)ccc32)c(OC(F)(F)F)c1. The highest BCUT2D eigenvalue weighted by Gasteiger charge is 2.62. The number of sulfonamides is 2. The molecule has 2 aliphatic rings. The minimum Gasteiger partial charge on any atom is -0.497 e. The van der Waals surface area contributed by atoms with Crippen molar-refractivity contribution in [1.82, 2.24) is 0 Å². The molecule has 0 saturated carbocycles. The number of halogens is 8. The molecule has 0 aromatic heterocycles. The molecule has 0 spiro atoms. The topological polar surface area (TPSA) is 200 Å². The van der Waals surface area contributed by atoms with Crippen LogP contribution in [-0.2, 0) is 40.5 Å². The second kappa shape index (κ2) is 22.4. The van der Waals surface area contributed by atoms with Crippen LogP contribution in [0.2, 0.25) is 10.0 Å². The summed E-state index contributed by atoms with van der Waals surface area (Å²) in [5, 5.41) is -0.150. The summed E-state index contributed by atoms with van der Waals surface area (Å²) < 4.78 is 187. The van der Waals surface area contributed by atoms with E-state index in [0.29, 0.717) is 12.1 Å². The third-order valence-electron chi connectivity index (χ3n) is 14.0. The predicted molar refractivity (Wildman–Crippen MR) is 297 cm³/mol. The molecule has 0 N–H and O–H groups in total. The molecule has 2 heterocycles. The number of anilines is 2. The highest BCUT2D eigenvalue weighted by molar-refractivity contribution is 7.94. The van der Waals surface area contributed by atoms with Crippen LogP contribution < -0.4 is 46.5 Å². The number of hydrogen-bond acceptors (Lipinski definition) is 15. The molecular weight excluding hydrogens is 1230 g/mol. The van der Waals surface area contributed by atoms with Crippen molar-refractivity contribution in [2.45, 2.75) is 33.3 Å². The number of hydrogen-bond donors (Lipinski definition) is 0. The van der Waals surface area contributed by atoms with Gasteiger partial charge >= 0.3 is 18.9 Å². The monoisotopic (exact) mass is 1260 g/mol. The summed E-state index contributed by atoms with van der Waals surface area (Å²) in [5.41, 5.74) is -7.17. The van der Waals surface area contributed by atoms with E-state index in [1.54, 1.807) is 0 Å². The molecule has 0 radical (unpaired) electrons. The summed E-state index contributed by atoms with van der Waals surface area (Å²) in [7, 11) is -6.30. The number of ether oxygens (including phenoxy) is 8. The maximum Gasteiger partial charge on any atom is 0.573 e. The Balaban J connectivity index is 1.14. The summed E-state index contributed by atoms with van der Waals surface area (Å²) in [6, 6.07) is 34.1. The van der Waals surface area contributed by atoms with Crippen LogP contribution in [-0.4, -0.2) is 76.0 Å². The molecule has 2 atom stereocenters. The molecule has 0 bridgehead atoms. The number of carbonyl (C=O) groups excluding carboxylic acids is 3. The van der Waals surface area contributed by atoms with Crippen molar-refractivity contribution in [3.63, 3.8) is 0 Å². The van der Waals surface area contributed by atoms with Crippen molar-refractivity contribution < 1.29 is 95.5 Å². The Morgan fingerprint density at radius 1 is 0.419 bits per heavy atom. The quantitative estimate of drug-likeness (QED) is 0.0502. The molecule has 27 heteroatoms. The molecule has 0 fully saturated rings. The van der Waals surface area contributed by atoms with Gasteiger partial charge in [-0.1, -0.05) is 96.0 Å². The number of nitrogens with zero attached hydrogens (tertiary/aromatic N) is 2. The van der Waals surface area contributed by atoms with Crippen LogP contribution in [0.4, 0.5) is 42.5 Å². The normalized spacial score (nSPS) is 16.7. The van der Waals surface area contributed by atoms with Crippen molar-refractivity contribution in [2.75, 3.05) is 37.0 Å². The van der Waals surface area contributed by atoms with Gasteiger partial charge in [-0.05, 0) is 84.9 Å². The van der Waals surface area contributed by atoms with Gasteiger partial charge in [0.2, 0.25) is 0 Å². The number of fused-ring (bicyclic) bond motifs is 2. The van der Waals surface area contributed by atoms with Crippen molar-refractivity contribution in [2.24, 2.45) is 0 Å². The Kier molecular flexibility index (Phi) is 15.6. The molecule has 86 heavy (non-hydrogen) atoms. The Bertz CT molecular complexity index is 4040. The zero-order chi connectivity index (χ0) is 61.9. The highest BCUT2D eigenvalue weighted by atomic mass is 35.5. The van der Waals surface area contributed by atoms with Crippen LogP contribution in [0.3, 0.4) is 0 Å². The number of rotatable bonds is 16. The van der Waals surface area contributed by atoms with Crippen LogP contribution in [0, 0.1) is 0 Å². The van der Waals surface area contributed by atoms with Gasteiger partial charge in [0, 0.05) is 55.6 Å². The molecule has 0 aliphatic carbocycles. The summed E-state index contributed by atoms with van der Waals surface area (Å²) in [5.74, 6) is -6.96. The first kappa shape index (κ1) is 60.0. The Labute approximate surface area is 495 Å². The van der Waals surface area contributed by atoms with E-state index in [4.69, 9.17) is 51.6 Å². The first-order valence-corrected chi connectivity index (χ1v) is 28.4. The van der Waals surface area contributed by atoms with Gasteiger partial charge in [-0.15, -0.1) is 26.3 Å². The van der Waals surface area contributed by atoms with Crippen LogP contribution in [0.15, 0.2) is 180 Å². The van der Waals surface area contributed by atoms with Gasteiger partial charge in [-0.25, -0.2) is 30.2 Å². The fourth-order valence-corrected chi connectivity index (χ4v) is 14.1. The van der Waals surface area contributed by atoms with Crippen molar-refractivity contribution in [1.29, 1.82) is 0 Å². The Morgan fingerprint density at radius 2 is 0.744 bits per heavy atom. The molecule has 17 nitrogen and oxygen atoms in total. The average Bonchev–Trinajstić information content (AvgIpc) is 1.53. The van der Waals surface area contributed by atoms with E-state index in [-0.39, 0.29) is 75.0 Å². The standard InChI is InChI=1S/C59H40Cl2F6N2O15S2/c1-77-35-23-27-51(49(31-35)83-58(62,63)64)85(73,74)68-43-25-21-33(60)29-41(43)56(53(68)70,37-13-5-9-17-45(37)79-3)39-15-7-11-19-47(39)81-55(72)82-48-20-12-8-16-40(48)57(38-14-6-10-18-46(38)80-4)42-30-34(61)22-26-44(42)69(54(57)71)86(75,76)52-28-24-36(78-2)32-50(52)84-59(65,66)67/h5-32H,1-4H3. The van der Waals surface area contributed by atoms with Crippen molar-refractivity contribution in [3.05, 3.63) is 213 Å². The highest BCUT2D eigenvalue weighted by Crippen LogP contribution is 2.59. The largest absolute Gasteiger partial charge is 0.573 e. The lowest BCUT2D eigenvalue weighted by atomic mass is 9.69. The van der Waals surface area contributed by atoms with E-state index in [9.17, 15) is 31.1 Å². The lowest BCUT2D eigenvalue weighted by Gasteiger charge is -2.33. The lowest BCUT2D eigenvalue weighted by Crippen LogP contribution is -2.45. The van der Waals surface area contributed by atoms with Crippen molar-refractivity contribution in [3.8, 4) is 46.0 Å². The molecule has 10 rings (SSSR count). The third-order valence-corrected chi connectivity index (χ3v) is 17.9. The summed E-state index contributed by atoms with van der Waals surface area (Å²) >= 11 is 13.3. The van der Waals surface area contributed by atoms with Crippen LogP contribution in [0.1, 0.15) is 33.4 Å². The Morgan fingerprint density at radius 3 is 1.07 bits per heavy atom. The van der Waals surface area contributed by atoms with E-state index in [1.165, 1.54) is 136 Å². The molecule has 2 unspecified atom stereocenters. The fourth-order valence-electron chi connectivity index (χ4n) is 10.6. The van der Waals surface area contributed by atoms with Gasteiger partial charge in [0.1, 0.15) is 55.1 Å². The van der Waals surface area contributed by atoms with E-state index >= 15 is 26.4 Å². The van der Waals surface area contributed by atoms with Gasteiger partial charge in [0.25, 0.3) is 31.9 Å². The number of alkyl halides is 6. The molecule has 444 valence electrons. The predicted octanol–water partition coefficient (Wildman–Crippen LogP) is 12.5. The molecule has 0 saturated heterocycles. The summed E-state index contributed by atoms with van der Waals surface area (Å²) in [6.45, 7) is 0. The number of carbonyl (C=O) groups is 3. The number of amides is 2. The van der Waals surface area contributed by atoms with E-state index in [0.717, 1.165) is 50.6 Å². The first-order chi connectivity index (χ1) is 40.8. The Hall–Kier alpha value is -9.17. The molecule has 2 aliphatic heterocycles. The van der Waals surface area contributed by atoms with Gasteiger partial charge in [0.05, 0.1) is 39.8 Å². The van der Waals surface area contributed by atoms with Crippen LogP contribution >= 0.6 is 23.2 Å². The fraction of sp³-hybridized carbons (Fsp3) is 0.136. The first-order valence-electron chi connectivity index (χ1n) is 24.8. The minimum atomic E-state index is -5.50. The van der Waals surface area contributed by atoms with Gasteiger partial charge in [-0.3, -0.25) is 9.59 Å². The average molecular weight is 1270 g/mol. The second-order valence-corrected chi connectivity index (χ2v) is 22.9. The lowest BCUT2D eigenvalue weighted by molar-refractivity contribution is -0.276. The van der Waals surface area contributed by atoms with Gasteiger partial charge in [-0.2, -0.15) is 0 Å². The minimum absolute atomic E-state index is 0.0572. The summed E-state index contributed by atoms with van der Waals surface area (Å²) in [6.07, 6.45) is -12.5. The van der Waals surface area contributed by atoms with Gasteiger partial charge < -0.3 is 37.9 Å². The molecule has 8 aromatic carbocycles. The van der Waals surface area contributed by atoms with E-state index < -0.39 is 106 Å². The second-order valence-electron chi connectivity index (χ2n) is 18.5. The molecule has 8 aromatic rings. The number of benzene rings is 8. The zero-order valence-corrected chi connectivity index (χ0v) is 47.7. The smallest absolute Gasteiger partial charge is 0.497 e. The maximum atomic E-state index is 16.0.